The Morgan fingerprint density at radius 2 is 0.860 bits per heavy atom. The molecule has 0 atom stereocenters. The van der Waals surface area contributed by atoms with Gasteiger partial charge in [-0.3, -0.25) is 0 Å². The molecule has 1 heteroatoms. The topological polar surface area (TPSA) is 13.1 Å². The lowest BCUT2D eigenvalue weighted by Gasteiger charge is -2.19. The minimum atomic E-state index is -0.414. The van der Waals surface area contributed by atoms with Crippen LogP contribution in [0.3, 0.4) is 0 Å². The number of furan rings is 1. The first-order valence-corrected chi connectivity index (χ1v) is 14.4. The molecular formula is C42H26O. The van der Waals surface area contributed by atoms with Gasteiger partial charge in [0.05, 0.1) is 6.85 Å². The lowest BCUT2D eigenvalue weighted by Crippen LogP contribution is -1.92. The summed E-state index contributed by atoms with van der Waals surface area (Å²) in [5, 5.41) is 8.34. The highest BCUT2D eigenvalue weighted by atomic mass is 16.3. The van der Waals surface area contributed by atoms with Crippen molar-refractivity contribution in [3.63, 3.8) is 0 Å². The molecule has 43 heavy (non-hydrogen) atoms. The normalized spacial score (nSPS) is 13.3. The van der Waals surface area contributed by atoms with Gasteiger partial charge in [-0.1, -0.05) is 145 Å². The number of hydrogen-bond acceptors (Lipinski definition) is 1. The van der Waals surface area contributed by atoms with E-state index in [1.54, 1.807) is 0 Å². The fraction of sp³-hybridized carbons (Fsp3) is 0. The lowest BCUT2D eigenvalue weighted by atomic mass is 9.83. The molecule has 1 heterocycles. The molecule has 0 saturated heterocycles. The van der Waals surface area contributed by atoms with Gasteiger partial charge in [0.25, 0.3) is 0 Å². The van der Waals surface area contributed by atoms with Gasteiger partial charge >= 0.3 is 0 Å². The maximum Gasteiger partial charge on any atom is 0.136 e. The Morgan fingerprint density at radius 3 is 1.51 bits per heavy atom. The summed E-state index contributed by atoms with van der Waals surface area (Å²) in [6.07, 6.45) is 0. The van der Waals surface area contributed by atoms with Crippen LogP contribution >= 0.6 is 0 Å². The molecule has 0 spiro atoms. The van der Waals surface area contributed by atoms with E-state index in [-0.39, 0.29) is 29.7 Å². The molecule has 9 rings (SSSR count). The number of fused-ring (bicyclic) bond motifs is 6. The molecule has 0 radical (unpaired) electrons. The highest BCUT2D eigenvalue weighted by Gasteiger charge is 2.22. The molecule has 0 aliphatic carbocycles. The van der Waals surface area contributed by atoms with Crippen LogP contribution in [-0.2, 0) is 0 Å². The summed E-state index contributed by atoms with van der Waals surface area (Å²) in [6.45, 7) is 0. The Kier molecular flexibility index (Phi) is 4.27. The third-order valence-electron chi connectivity index (χ3n) is 8.55. The van der Waals surface area contributed by atoms with E-state index in [1.165, 1.54) is 21.9 Å². The van der Waals surface area contributed by atoms with Gasteiger partial charge < -0.3 is 4.42 Å². The van der Waals surface area contributed by atoms with Gasteiger partial charge in [-0.2, -0.15) is 0 Å². The summed E-state index contributed by atoms with van der Waals surface area (Å²) in [5.41, 5.74) is 6.28. The number of rotatable bonds is 3. The van der Waals surface area contributed by atoms with Crippen molar-refractivity contribution in [3.8, 4) is 33.4 Å². The molecule has 0 amide bonds. The van der Waals surface area contributed by atoms with E-state index >= 15 is 0 Å². The van der Waals surface area contributed by atoms with Crippen molar-refractivity contribution in [1.29, 1.82) is 0 Å². The van der Waals surface area contributed by atoms with E-state index in [9.17, 15) is 0 Å². The van der Waals surface area contributed by atoms with Crippen LogP contribution in [-0.4, -0.2) is 0 Å². The first-order valence-electron chi connectivity index (χ1n) is 16.9. The van der Waals surface area contributed by atoms with Gasteiger partial charge in [0, 0.05) is 10.8 Å². The van der Waals surface area contributed by atoms with E-state index in [0.717, 1.165) is 38.1 Å². The Labute approximate surface area is 256 Å². The maximum absolute atomic E-state index is 8.80. The van der Waals surface area contributed by atoms with Crippen LogP contribution in [0.1, 0.15) is 6.85 Å². The van der Waals surface area contributed by atoms with Crippen molar-refractivity contribution in [1.82, 2.24) is 0 Å². The van der Waals surface area contributed by atoms with Gasteiger partial charge in [0.1, 0.15) is 11.2 Å². The molecule has 0 aliphatic rings. The van der Waals surface area contributed by atoms with Crippen molar-refractivity contribution in [2.75, 3.05) is 0 Å². The highest BCUT2D eigenvalue weighted by molar-refractivity contribution is 6.27. The Hall–Kier alpha value is -5.66. The second-order valence-electron chi connectivity index (χ2n) is 10.8. The van der Waals surface area contributed by atoms with E-state index in [4.69, 9.17) is 11.3 Å². The van der Waals surface area contributed by atoms with E-state index < -0.39 is 6.04 Å². The minimum Gasteiger partial charge on any atom is -0.456 e. The average molecular weight is 552 g/mol. The summed E-state index contributed by atoms with van der Waals surface area (Å²) in [4.78, 5) is 0. The van der Waals surface area contributed by atoms with Crippen LogP contribution in [0.2, 0.25) is 0 Å². The van der Waals surface area contributed by atoms with Crippen LogP contribution in [0.4, 0.5) is 0 Å². The molecule has 1 nitrogen and oxygen atoms in total. The summed E-state index contributed by atoms with van der Waals surface area (Å²) >= 11 is 0. The molecule has 0 fully saturated rings. The monoisotopic (exact) mass is 551 g/mol. The van der Waals surface area contributed by atoms with Gasteiger partial charge in [-0.05, 0) is 77.8 Å². The van der Waals surface area contributed by atoms with Crippen LogP contribution < -0.4 is 0 Å². The van der Waals surface area contributed by atoms with Crippen molar-refractivity contribution >= 4 is 54.3 Å². The number of hydrogen-bond donors (Lipinski definition) is 0. The maximum atomic E-state index is 8.80. The zero-order valence-corrected chi connectivity index (χ0v) is 23.0. The molecule has 0 N–H and O–H groups in total. The SMILES string of the molecule is [2H]c1c([2H])c([2H])c(-c2cccc3oc4cccc(-c5c6ccccc6c(-c6cccc7ccccc67)c6ccccc56)c4c23)c([2H])c1[2H]. The summed E-state index contributed by atoms with van der Waals surface area (Å²) in [7, 11) is 0. The van der Waals surface area contributed by atoms with Crippen molar-refractivity contribution in [2.24, 2.45) is 0 Å². The van der Waals surface area contributed by atoms with Crippen LogP contribution in [0.25, 0.3) is 87.6 Å². The molecular weight excluding hydrogens is 520 g/mol. The quantitative estimate of drug-likeness (QED) is 0.199. The van der Waals surface area contributed by atoms with E-state index in [2.05, 4.69) is 97.1 Å². The van der Waals surface area contributed by atoms with Crippen LogP contribution in [0.5, 0.6) is 0 Å². The molecule has 0 unspecified atom stereocenters. The van der Waals surface area contributed by atoms with Gasteiger partial charge in [0.2, 0.25) is 0 Å². The molecule has 9 aromatic rings. The zero-order valence-electron chi connectivity index (χ0n) is 28.0. The molecule has 0 aliphatic heterocycles. The molecule has 1 aromatic heterocycles. The summed E-state index contributed by atoms with van der Waals surface area (Å²) in [5.74, 6) is 0. The van der Waals surface area contributed by atoms with Gasteiger partial charge in [-0.15, -0.1) is 0 Å². The molecule has 8 aromatic carbocycles. The Bertz CT molecular complexity index is 2700. The molecule has 0 bridgehead atoms. The number of benzene rings is 8. The summed E-state index contributed by atoms with van der Waals surface area (Å²) in [6, 6.07) is 41.9. The van der Waals surface area contributed by atoms with Gasteiger partial charge in [0.15, 0.2) is 0 Å². The molecule has 0 saturated carbocycles. The van der Waals surface area contributed by atoms with E-state index in [1.807, 2.05) is 30.3 Å². The Balaban J connectivity index is 1.45. The highest BCUT2D eigenvalue weighted by Crippen LogP contribution is 2.48. The van der Waals surface area contributed by atoms with Crippen molar-refractivity contribution in [3.05, 3.63) is 158 Å². The third kappa shape index (κ3) is 3.58. The smallest absolute Gasteiger partial charge is 0.136 e. The fourth-order valence-corrected chi connectivity index (χ4v) is 6.82. The predicted molar refractivity (Wildman–Crippen MR) is 183 cm³/mol. The second kappa shape index (κ2) is 9.44. The van der Waals surface area contributed by atoms with Crippen molar-refractivity contribution in [2.45, 2.75) is 0 Å². The van der Waals surface area contributed by atoms with Crippen LogP contribution in [0.15, 0.2) is 162 Å². The Morgan fingerprint density at radius 1 is 0.395 bits per heavy atom. The first kappa shape index (κ1) is 19.5. The largest absolute Gasteiger partial charge is 0.456 e. The standard InChI is InChI=1S/C42H26O/c1-2-13-28(14-3-1)30-22-11-25-37-41(30)42-36(24-12-26-38(42)43-37)40-34-20-8-6-18-32(34)39(33-19-7-9-21-35(33)40)31-23-10-16-27-15-4-5-17-29(27)31/h1-26H/i1D,2D,3D,13D,14D. The molecule has 200 valence electrons. The van der Waals surface area contributed by atoms with Gasteiger partial charge in [-0.25, -0.2) is 0 Å². The minimum absolute atomic E-state index is 0.158. The second-order valence-corrected chi connectivity index (χ2v) is 10.8. The average Bonchev–Trinajstić information content (AvgIpc) is 3.52. The third-order valence-corrected chi connectivity index (χ3v) is 8.55. The van der Waals surface area contributed by atoms with Crippen LogP contribution in [0, 0.1) is 0 Å². The predicted octanol–water partition coefficient (Wildman–Crippen LogP) is 12.0. The lowest BCUT2D eigenvalue weighted by molar-refractivity contribution is 0.669. The summed E-state index contributed by atoms with van der Waals surface area (Å²) < 4.78 is 49.0. The zero-order chi connectivity index (χ0) is 32.7. The first-order chi connectivity index (χ1) is 23.4. The van der Waals surface area contributed by atoms with Crippen molar-refractivity contribution < 1.29 is 11.3 Å². The fourth-order valence-electron chi connectivity index (χ4n) is 6.82. The van der Waals surface area contributed by atoms with E-state index in [0.29, 0.717) is 22.1 Å².